The van der Waals surface area contributed by atoms with Crippen molar-refractivity contribution in [2.75, 3.05) is 0 Å². The van der Waals surface area contributed by atoms with Crippen LogP contribution >= 0.6 is 0 Å². The molecule has 0 aromatic carbocycles. The summed E-state index contributed by atoms with van der Waals surface area (Å²) >= 11 is 0. The zero-order chi connectivity index (χ0) is 20.8. The number of rotatable bonds is 6. The predicted octanol–water partition coefficient (Wildman–Crippen LogP) is 7.89. The molecule has 4 aliphatic carbocycles. The SMILES string of the molecule is CC(C)CCC[C@@H](C)[C@H]1CC[C@H]2[C@@H]3CC=C4CC(OO)CC[C@]4(C)[C@H]3CC[C@]12C. The maximum atomic E-state index is 9.20. The van der Waals surface area contributed by atoms with E-state index in [2.05, 4.69) is 40.7 Å². The maximum Gasteiger partial charge on any atom is 0.0964 e. The van der Waals surface area contributed by atoms with Crippen LogP contribution in [0, 0.1) is 46.3 Å². The van der Waals surface area contributed by atoms with E-state index in [1.165, 1.54) is 57.8 Å². The van der Waals surface area contributed by atoms with E-state index in [1.807, 2.05) is 0 Å². The summed E-state index contributed by atoms with van der Waals surface area (Å²) in [5, 5.41) is 9.20. The minimum atomic E-state index is 0.0299. The summed E-state index contributed by atoms with van der Waals surface area (Å²) in [5.41, 5.74) is 2.54. The number of hydrogen-bond acceptors (Lipinski definition) is 2. The molecule has 1 N–H and O–H groups in total. The van der Waals surface area contributed by atoms with Crippen molar-refractivity contribution in [1.82, 2.24) is 0 Å². The lowest BCUT2D eigenvalue weighted by molar-refractivity contribution is -0.284. The highest BCUT2D eigenvalue weighted by Gasteiger charge is 2.59. The molecule has 1 unspecified atom stereocenters. The van der Waals surface area contributed by atoms with Crippen LogP contribution in [-0.2, 0) is 4.89 Å². The third-order valence-corrected chi connectivity index (χ3v) is 10.4. The standard InChI is InChI=1S/C27H46O2/c1-18(2)7-6-8-19(3)23-11-12-24-22-10-9-20-17-21(29-28)13-15-26(20,4)25(22)14-16-27(23,24)5/h9,18-19,21-25,28H,6-8,10-17H2,1-5H3/t19-,21?,22+,23-,24+,25+,26+,27-/m1/s1. The summed E-state index contributed by atoms with van der Waals surface area (Å²) in [6.45, 7) is 12.5. The van der Waals surface area contributed by atoms with Crippen LogP contribution in [0.15, 0.2) is 11.6 Å². The van der Waals surface area contributed by atoms with Gasteiger partial charge in [-0.1, -0.05) is 65.5 Å². The number of fused-ring (bicyclic) bond motifs is 5. The first-order valence-electron chi connectivity index (χ1n) is 12.8. The van der Waals surface area contributed by atoms with Crippen molar-refractivity contribution in [1.29, 1.82) is 0 Å². The first-order chi connectivity index (χ1) is 13.8. The Bertz CT molecular complexity index is 610. The molecule has 2 nitrogen and oxygen atoms in total. The Morgan fingerprint density at radius 1 is 1.03 bits per heavy atom. The molecular formula is C27H46O2. The van der Waals surface area contributed by atoms with E-state index < -0.39 is 0 Å². The first-order valence-corrected chi connectivity index (χ1v) is 12.8. The topological polar surface area (TPSA) is 29.5 Å². The lowest BCUT2D eigenvalue weighted by atomic mass is 9.47. The summed E-state index contributed by atoms with van der Waals surface area (Å²) in [6, 6.07) is 0. The fourth-order valence-electron chi connectivity index (χ4n) is 8.74. The van der Waals surface area contributed by atoms with Crippen LogP contribution in [0.3, 0.4) is 0 Å². The Kier molecular flexibility index (Phi) is 6.26. The van der Waals surface area contributed by atoms with E-state index in [4.69, 9.17) is 4.89 Å². The fraction of sp³-hybridized carbons (Fsp3) is 0.926. The van der Waals surface area contributed by atoms with E-state index in [0.29, 0.717) is 10.8 Å². The second-order valence-electron chi connectivity index (χ2n) is 12.3. The van der Waals surface area contributed by atoms with Crippen molar-refractivity contribution in [3.63, 3.8) is 0 Å². The van der Waals surface area contributed by atoms with Gasteiger partial charge in [0, 0.05) is 0 Å². The molecule has 0 amide bonds. The van der Waals surface area contributed by atoms with Crippen LogP contribution in [0.1, 0.15) is 105 Å². The largest absolute Gasteiger partial charge is 0.252 e. The second kappa shape index (κ2) is 8.30. The van der Waals surface area contributed by atoms with Gasteiger partial charge in [-0.25, -0.2) is 4.89 Å². The molecule has 166 valence electrons. The minimum absolute atomic E-state index is 0.0299. The normalized spacial score (nSPS) is 45.3. The van der Waals surface area contributed by atoms with Crippen LogP contribution in [0.4, 0.5) is 0 Å². The van der Waals surface area contributed by atoms with Gasteiger partial charge in [-0.15, -0.1) is 0 Å². The van der Waals surface area contributed by atoms with Crippen molar-refractivity contribution in [2.45, 2.75) is 111 Å². The molecule has 8 atom stereocenters. The zero-order valence-corrected chi connectivity index (χ0v) is 19.8. The molecule has 3 saturated carbocycles. The van der Waals surface area contributed by atoms with E-state index >= 15 is 0 Å². The summed E-state index contributed by atoms with van der Waals surface area (Å²) in [7, 11) is 0. The summed E-state index contributed by atoms with van der Waals surface area (Å²) < 4.78 is 0. The first kappa shape index (κ1) is 21.9. The quantitative estimate of drug-likeness (QED) is 0.278. The van der Waals surface area contributed by atoms with E-state index in [1.54, 1.807) is 5.57 Å². The van der Waals surface area contributed by atoms with Gasteiger partial charge in [0.05, 0.1) is 6.10 Å². The van der Waals surface area contributed by atoms with Gasteiger partial charge in [0.15, 0.2) is 0 Å². The van der Waals surface area contributed by atoms with Crippen LogP contribution in [0.5, 0.6) is 0 Å². The van der Waals surface area contributed by atoms with Gasteiger partial charge in [0.25, 0.3) is 0 Å². The zero-order valence-electron chi connectivity index (χ0n) is 19.8. The van der Waals surface area contributed by atoms with Gasteiger partial charge >= 0.3 is 0 Å². The van der Waals surface area contributed by atoms with E-state index in [0.717, 1.165) is 48.3 Å². The molecule has 0 spiro atoms. The molecule has 29 heavy (non-hydrogen) atoms. The molecule has 0 aromatic heterocycles. The monoisotopic (exact) mass is 402 g/mol. The van der Waals surface area contributed by atoms with Gasteiger partial charge in [-0.05, 0) is 97.7 Å². The smallest absolute Gasteiger partial charge is 0.0964 e. The van der Waals surface area contributed by atoms with Crippen LogP contribution in [-0.4, -0.2) is 11.4 Å². The van der Waals surface area contributed by atoms with Crippen molar-refractivity contribution >= 4 is 0 Å². The van der Waals surface area contributed by atoms with E-state index in [9.17, 15) is 5.26 Å². The maximum absolute atomic E-state index is 9.20. The average molecular weight is 403 g/mol. The molecule has 0 aromatic rings. The molecule has 0 radical (unpaired) electrons. The molecule has 0 heterocycles. The molecular weight excluding hydrogens is 356 g/mol. The van der Waals surface area contributed by atoms with E-state index in [-0.39, 0.29) is 6.10 Å². The molecule has 0 saturated heterocycles. The fourth-order valence-corrected chi connectivity index (χ4v) is 8.74. The summed E-state index contributed by atoms with van der Waals surface area (Å²) in [6.07, 6.45) is 17.1. The van der Waals surface area contributed by atoms with Crippen molar-refractivity contribution in [2.24, 2.45) is 46.3 Å². The lowest BCUT2D eigenvalue weighted by Crippen LogP contribution is -2.51. The molecule has 0 bridgehead atoms. The Morgan fingerprint density at radius 2 is 1.83 bits per heavy atom. The predicted molar refractivity (Wildman–Crippen MR) is 121 cm³/mol. The molecule has 4 rings (SSSR count). The van der Waals surface area contributed by atoms with Gasteiger partial charge < -0.3 is 0 Å². The molecule has 2 heteroatoms. The molecule has 3 fully saturated rings. The number of hydrogen-bond donors (Lipinski definition) is 1. The third-order valence-electron chi connectivity index (χ3n) is 10.4. The Morgan fingerprint density at radius 3 is 2.55 bits per heavy atom. The minimum Gasteiger partial charge on any atom is -0.252 e. The molecule has 0 aliphatic heterocycles. The van der Waals surface area contributed by atoms with Gasteiger partial charge in [-0.3, -0.25) is 5.26 Å². The van der Waals surface area contributed by atoms with Gasteiger partial charge in [0.2, 0.25) is 0 Å². The highest BCUT2D eigenvalue weighted by molar-refractivity contribution is 5.25. The second-order valence-corrected chi connectivity index (χ2v) is 12.3. The summed E-state index contributed by atoms with van der Waals surface area (Å²) in [4.78, 5) is 4.75. The Balaban J connectivity index is 1.48. The van der Waals surface area contributed by atoms with Crippen molar-refractivity contribution in [3.8, 4) is 0 Å². The van der Waals surface area contributed by atoms with Crippen LogP contribution in [0.2, 0.25) is 0 Å². The van der Waals surface area contributed by atoms with Crippen molar-refractivity contribution in [3.05, 3.63) is 11.6 Å². The highest BCUT2D eigenvalue weighted by atomic mass is 17.1. The van der Waals surface area contributed by atoms with Gasteiger partial charge in [0.1, 0.15) is 0 Å². The average Bonchev–Trinajstić information content (AvgIpc) is 3.04. The molecule has 4 aliphatic rings. The van der Waals surface area contributed by atoms with Gasteiger partial charge in [-0.2, -0.15) is 0 Å². The highest BCUT2D eigenvalue weighted by Crippen LogP contribution is 2.67. The lowest BCUT2D eigenvalue weighted by Gasteiger charge is -2.58. The van der Waals surface area contributed by atoms with Crippen LogP contribution < -0.4 is 0 Å². The third kappa shape index (κ3) is 3.75. The Labute approximate surface area is 179 Å². The number of allylic oxidation sites excluding steroid dienone is 1. The Hall–Kier alpha value is -0.340. The van der Waals surface area contributed by atoms with Crippen molar-refractivity contribution < 1.29 is 10.1 Å². The van der Waals surface area contributed by atoms with Crippen LogP contribution in [0.25, 0.3) is 0 Å². The summed E-state index contributed by atoms with van der Waals surface area (Å²) in [5.74, 6) is 5.36.